The number of nitrogens with one attached hydrogen (secondary N) is 4. The zero-order chi connectivity index (χ0) is 40.9. The molecule has 0 saturated carbocycles. The first-order chi connectivity index (χ1) is 26.1. The van der Waals surface area contributed by atoms with Crippen LogP contribution in [-0.2, 0) is 62.7 Å². The van der Waals surface area contributed by atoms with Crippen LogP contribution in [0.15, 0.2) is 41.0 Å². The van der Waals surface area contributed by atoms with Gasteiger partial charge < -0.3 is 79.9 Å². The lowest BCUT2D eigenvalue weighted by Gasteiger charge is -2.29. The number of carbonyl (C=O) groups excluding carboxylic acids is 9. The van der Waals surface area contributed by atoms with Gasteiger partial charge in [-0.05, 0) is 62.3 Å². The average Bonchev–Trinajstić information content (AvgIpc) is 3.58. The molecule has 0 bridgehead atoms. The van der Waals surface area contributed by atoms with Crippen molar-refractivity contribution in [3.05, 3.63) is 53.5 Å². The molecule has 4 N–H and O–H groups in total. The van der Waals surface area contributed by atoms with E-state index in [9.17, 15) is 68.7 Å². The largest absolute Gasteiger partial charge is 0.550 e. The third-order valence-corrected chi connectivity index (χ3v) is 8.13. The highest BCUT2D eigenvalue weighted by atomic mass is 16.5. The molecular weight excluding hydrogens is 732 g/mol. The molecule has 0 fully saturated rings. The highest BCUT2D eigenvalue weighted by molar-refractivity contribution is 5.86. The van der Waals surface area contributed by atoms with E-state index in [4.69, 9.17) is 9.15 Å². The van der Waals surface area contributed by atoms with Gasteiger partial charge in [-0.3, -0.25) is 19.2 Å². The van der Waals surface area contributed by atoms with Gasteiger partial charge in [0.2, 0.25) is 24.1 Å². The summed E-state index contributed by atoms with van der Waals surface area (Å²) in [6.07, 6.45) is -2.34. The fourth-order valence-corrected chi connectivity index (χ4v) is 5.20. The molecule has 20 heteroatoms. The SMILES string of the molecule is O=CNCc1cc(COc2ccc(CCNC(=O)CC[C@H](NC(=O)CC[C@H](NC(=O)CC[C@H](C(=O)[O-])[C@@H](CCC(=O)[O-])C(=O)[O-])C(=O)[O-])C(=O)[O-])cc2)co1. The molecule has 1 heterocycles. The molecule has 0 unspecified atom stereocenters. The molecule has 1 aromatic heterocycles. The fourth-order valence-electron chi connectivity index (χ4n) is 5.20. The maximum Gasteiger partial charge on any atom is 0.220 e. The molecule has 300 valence electrons. The summed E-state index contributed by atoms with van der Waals surface area (Å²) in [6.45, 7) is 0.698. The van der Waals surface area contributed by atoms with E-state index in [2.05, 4.69) is 16.0 Å². The van der Waals surface area contributed by atoms with Crippen molar-refractivity contribution < 1.29 is 77.8 Å². The first kappa shape index (κ1) is 44.7. The van der Waals surface area contributed by atoms with Crippen molar-refractivity contribution in [1.29, 1.82) is 0 Å². The van der Waals surface area contributed by atoms with Gasteiger partial charge in [-0.2, -0.15) is 0 Å². The Morgan fingerprint density at radius 1 is 0.673 bits per heavy atom. The molecule has 0 radical (unpaired) electrons. The molecule has 0 aliphatic heterocycles. The number of carbonyl (C=O) groups is 9. The summed E-state index contributed by atoms with van der Waals surface area (Å²) in [4.78, 5) is 104. The monoisotopic (exact) mass is 771 g/mol. The number of benzene rings is 1. The van der Waals surface area contributed by atoms with Crippen molar-refractivity contribution >= 4 is 54.0 Å². The second-order valence-electron chi connectivity index (χ2n) is 12.2. The van der Waals surface area contributed by atoms with Crippen LogP contribution in [-0.4, -0.2) is 72.6 Å². The van der Waals surface area contributed by atoms with E-state index in [1.54, 1.807) is 30.3 Å². The Balaban J connectivity index is 1.76. The van der Waals surface area contributed by atoms with Crippen LogP contribution >= 0.6 is 0 Å². The molecule has 4 amide bonds. The lowest BCUT2D eigenvalue weighted by Crippen LogP contribution is -2.50. The molecule has 4 atom stereocenters. The van der Waals surface area contributed by atoms with Crippen molar-refractivity contribution in [3.8, 4) is 5.75 Å². The Morgan fingerprint density at radius 2 is 1.20 bits per heavy atom. The van der Waals surface area contributed by atoms with Gasteiger partial charge >= 0.3 is 0 Å². The highest BCUT2D eigenvalue weighted by Crippen LogP contribution is 2.22. The van der Waals surface area contributed by atoms with Crippen molar-refractivity contribution in [2.24, 2.45) is 11.8 Å². The first-order valence-electron chi connectivity index (χ1n) is 16.9. The number of furan rings is 1. The van der Waals surface area contributed by atoms with Gasteiger partial charge in [0.1, 0.15) is 18.1 Å². The number of hydrogen-bond acceptors (Lipinski definition) is 16. The minimum Gasteiger partial charge on any atom is -0.550 e. The Labute approximate surface area is 313 Å². The fraction of sp³-hybridized carbons (Fsp3) is 0.457. The van der Waals surface area contributed by atoms with Crippen molar-refractivity contribution in [2.45, 2.75) is 83.0 Å². The molecule has 1 aromatic carbocycles. The van der Waals surface area contributed by atoms with Crippen LogP contribution in [0.25, 0.3) is 0 Å². The van der Waals surface area contributed by atoms with Crippen LogP contribution in [0.1, 0.15) is 68.3 Å². The average molecular weight is 772 g/mol. The maximum atomic E-state index is 12.4. The number of ether oxygens (including phenoxy) is 1. The van der Waals surface area contributed by atoms with Crippen molar-refractivity contribution in [1.82, 2.24) is 21.3 Å². The van der Waals surface area contributed by atoms with E-state index in [-0.39, 0.29) is 32.5 Å². The van der Waals surface area contributed by atoms with Crippen LogP contribution in [0.2, 0.25) is 0 Å². The number of rotatable bonds is 28. The van der Waals surface area contributed by atoms with Crippen LogP contribution < -0.4 is 51.5 Å². The van der Waals surface area contributed by atoms with E-state index in [0.29, 0.717) is 24.3 Å². The zero-order valence-electron chi connectivity index (χ0n) is 29.4. The molecule has 20 nitrogen and oxygen atoms in total. The second-order valence-corrected chi connectivity index (χ2v) is 12.2. The molecule has 0 saturated heterocycles. The summed E-state index contributed by atoms with van der Waals surface area (Å²) in [7, 11) is 0. The van der Waals surface area contributed by atoms with Gasteiger partial charge in [-0.25, -0.2) is 0 Å². The van der Waals surface area contributed by atoms with Crippen LogP contribution in [0.5, 0.6) is 5.75 Å². The molecule has 0 aliphatic carbocycles. The smallest absolute Gasteiger partial charge is 0.220 e. The zero-order valence-corrected chi connectivity index (χ0v) is 29.4. The molecule has 2 rings (SSSR count). The minimum absolute atomic E-state index is 0.206. The molecular formula is C35H39N4O16-5. The predicted molar refractivity (Wildman–Crippen MR) is 172 cm³/mol. The number of carboxylic acids is 5. The third-order valence-electron chi connectivity index (χ3n) is 8.13. The maximum absolute atomic E-state index is 12.4. The summed E-state index contributed by atoms with van der Waals surface area (Å²) < 4.78 is 11.0. The summed E-state index contributed by atoms with van der Waals surface area (Å²) in [5.41, 5.74) is 1.63. The summed E-state index contributed by atoms with van der Waals surface area (Å²) in [5, 5.41) is 65.9. The summed E-state index contributed by atoms with van der Waals surface area (Å²) in [6, 6.07) is 5.38. The standard InChI is InChI=1S/C35H44N4O16/c40-19-36-16-23-15-21(18-55-23)17-54-22-3-1-20(2-4-22)13-14-37-28(41)10-7-26(34(50)51)39-30(43)11-8-27(35(52)53)38-29(42)9-5-24(32(46)47)25(33(48)49)6-12-31(44)45/h1-4,15,18-19,24-27H,5-14,16-17H2,(H,36,40)(H,37,41)(H,38,42)(H,39,43)(H,44,45)(H,46,47)(H,48,49)(H,50,51)(H,52,53)/p-5/t24-,25+,26-,27-/m0/s1. The Bertz CT molecular complexity index is 1660. The topological polar surface area (TPSA) is 339 Å². The van der Waals surface area contributed by atoms with Gasteiger partial charge in [-0.15, -0.1) is 0 Å². The van der Waals surface area contributed by atoms with Crippen LogP contribution in [0, 0.1) is 11.8 Å². The lowest BCUT2D eigenvalue weighted by molar-refractivity contribution is -0.328. The normalized spacial score (nSPS) is 12.9. The summed E-state index contributed by atoms with van der Waals surface area (Å²) >= 11 is 0. The number of aliphatic carboxylic acids is 5. The third kappa shape index (κ3) is 17.3. The van der Waals surface area contributed by atoms with Gasteiger partial charge in [0, 0.05) is 61.1 Å². The Morgan fingerprint density at radius 3 is 1.71 bits per heavy atom. The Hall–Kier alpha value is -6.47. The molecule has 2 aromatic rings. The van der Waals surface area contributed by atoms with Gasteiger partial charge in [-0.1, -0.05) is 12.1 Å². The predicted octanol–water partition coefficient (Wildman–Crippen LogP) is -6.16. The van der Waals surface area contributed by atoms with Crippen LogP contribution in [0.4, 0.5) is 0 Å². The quantitative estimate of drug-likeness (QED) is 0.0585. The van der Waals surface area contributed by atoms with E-state index < -0.39 is 110 Å². The lowest BCUT2D eigenvalue weighted by atomic mass is 9.85. The summed E-state index contributed by atoms with van der Waals surface area (Å²) in [5.74, 6) is -14.1. The number of hydrogen-bond donors (Lipinski definition) is 4. The van der Waals surface area contributed by atoms with E-state index in [0.717, 1.165) is 11.1 Å². The van der Waals surface area contributed by atoms with Gasteiger partial charge in [0.25, 0.3) is 0 Å². The van der Waals surface area contributed by atoms with Crippen LogP contribution in [0.3, 0.4) is 0 Å². The van der Waals surface area contributed by atoms with E-state index in [1.165, 1.54) is 6.26 Å². The Kier molecular flexibility index (Phi) is 18.9. The molecule has 55 heavy (non-hydrogen) atoms. The van der Waals surface area contributed by atoms with Crippen molar-refractivity contribution in [3.63, 3.8) is 0 Å². The van der Waals surface area contributed by atoms with Gasteiger partial charge in [0.05, 0.1) is 36.8 Å². The van der Waals surface area contributed by atoms with E-state index in [1.807, 2.05) is 5.32 Å². The highest BCUT2D eigenvalue weighted by Gasteiger charge is 2.26. The van der Waals surface area contributed by atoms with Crippen molar-refractivity contribution in [2.75, 3.05) is 6.54 Å². The number of carboxylic acid groups (broad SMARTS) is 5. The second kappa shape index (κ2) is 23.2. The van der Waals surface area contributed by atoms with E-state index >= 15 is 0 Å². The first-order valence-corrected chi connectivity index (χ1v) is 16.9. The molecule has 0 spiro atoms. The van der Waals surface area contributed by atoms with Gasteiger partial charge in [0.15, 0.2) is 0 Å². The molecule has 0 aliphatic rings. The number of amides is 4. The minimum atomic E-state index is -1.91.